The lowest BCUT2D eigenvalue weighted by Gasteiger charge is -2.12. The van der Waals surface area contributed by atoms with Crippen LogP contribution in [0, 0.1) is 0 Å². The van der Waals surface area contributed by atoms with Crippen LogP contribution in [0.5, 0.6) is 0 Å². The fourth-order valence-electron chi connectivity index (χ4n) is 4.23. The summed E-state index contributed by atoms with van der Waals surface area (Å²) in [6.07, 6.45) is 4.35. The van der Waals surface area contributed by atoms with E-state index in [0.717, 1.165) is 25.9 Å². The van der Waals surface area contributed by atoms with Crippen molar-refractivity contribution in [3.05, 3.63) is 125 Å². The molecule has 4 aromatic rings. The second-order valence-corrected chi connectivity index (χ2v) is 8.07. The van der Waals surface area contributed by atoms with E-state index in [1.165, 1.54) is 28.2 Å². The molecular formula is C28H31N2+. The molecule has 0 N–H and O–H groups in total. The molecule has 30 heavy (non-hydrogen) atoms. The highest BCUT2D eigenvalue weighted by atomic mass is 15.2. The Labute approximate surface area is 180 Å². The third-order valence-electron chi connectivity index (χ3n) is 5.91. The summed E-state index contributed by atoms with van der Waals surface area (Å²) in [7, 11) is 0. The second-order valence-electron chi connectivity index (χ2n) is 8.07. The third-order valence-corrected chi connectivity index (χ3v) is 5.91. The molecule has 1 heterocycles. The van der Waals surface area contributed by atoms with Gasteiger partial charge in [0.25, 0.3) is 5.82 Å². The van der Waals surface area contributed by atoms with Crippen molar-refractivity contribution in [2.45, 2.75) is 45.7 Å². The lowest BCUT2D eigenvalue weighted by Crippen LogP contribution is -2.42. The summed E-state index contributed by atoms with van der Waals surface area (Å²) in [6.45, 7) is 6.47. The van der Waals surface area contributed by atoms with Gasteiger partial charge in [0, 0.05) is 6.42 Å². The molecule has 1 atom stereocenters. The number of nitrogens with zero attached hydrogens (tertiary/aromatic N) is 2. The van der Waals surface area contributed by atoms with E-state index in [2.05, 4.69) is 120 Å². The monoisotopic (exact) mass is 395 g/mol. The van der Waals surface area contributed by atoms with Gasteiger partial charge in [0.2, 0.25) is 0 Å². The Morgan fingerprint density at radius 2 is 1.33 bits per heavy atom. The normalized spacial score (nSPS) is 12.1. The average Bonchev–Trinajstić information content (AvgIpc) is 3.11. The Morgan fingerprint density at radius 3 is 1.93 bits per heavy atom. The predicted octanol–water partition coefficient (Wildman–Crippen LogP) is 5.78. The number of benzene rings is 3. The summed E-state index contributed by atoms with van der Waals surface area (Å²) in [6, 6.07) is 32.5. The van der Waals surface area contributed by atoms with Crippen LogP contribution in [0.1, 0.15) is 48.0 Å². The molecule has 0 aliphatic rings. The van der Waals surface area contributed by atoms with Gasteiger partial charge >= 0.3 is 0 Å². The van der Waals surface area contributed by atoms with Crippen LogP contribution in [0.25, 0.3) is 0 Å². The molecule has 0 amide bonds. The maximum atomic E-state index is 2.55. The van der Waals surface area contributed by atoms with Crippen LogP contribution in [0.4, 0.5) is 0 Å². The maximum Gasteiger partial charge on any atom is 0.261 e. The molecule has 2 heteroatoms. The molecule has 0 aliphatic heterocycles. The van der Waals surface area contributed by atoms with Crippen molar-refractivity contribution in [1.82, 2.24) is 4.57 Å². The Balaban J connectivity index is 1.72. The van der Waals surface area contributed by atoms with Gasteiger partial charge in [-0.2, -0.15) is 0 Å². The maximum absolute atomic E-state index is 2.55. The van der Waals surface area contributed by atoms with Crippen molar-refractivity contribution in [3.8, 4) is 0 Å². The van der Waals surface area contributed by atoms with Crippen molar-refractivity contribution < 1.29 is 4.57 Å². The van der Waals surface area contributed by atoms with Gasteiger partial charge in [0.05, 0.1) is 13.0 Å². The zero-order chi connectivity index (χ0) is 20.8. The molecule has 4 rings (SSSR count). The Bertz CT molecular complexity index is 1050. The quantitative estimate of drug-likeness (QED) is 0.334. The number of aromatic nitrogens is 2. The molecule has 1 unspecified atom stereocenters. The van der Waals surface area contributed by atoms with E-state index in [4.69, 9.17) is 0 Å². The smallest absolute Gasteiger partial charge is 0.234 e. The van der Waals surface area contributed by atoms with E-state index < -0.39 is 0 Å². The first-order valence-corrected chi connectivity index (χ1v) is 11.0. The summed E-state index contributed by atoms with van der Waals surface area (Å²) < 4.78 is 4.98. The van der Waals surface area contributed by atoms with E-state index >= 15 is 0 Å². The predicted molar refractivity (Wildman–Crippen MR) is 124 cm³/mol. The first-order valence-electron chi connectivity index (χ1n) is 11.0. The molecule has 0 saturated carbocycles. The van der Waals surface area contributed by atoms with Crippen LogP contribution in [-0.4, -0.2) is 4.57 Å². The largest absolute Gasteiger partial charge is 0.261 e. The molecular weight excluding hydrogens is 364 g/mol. The van der Waals surface area contributed by atoms with E-state index in [1.807, 2.05) is 0 Å². The van der Waals surface area contributed by atoms with E-state index in [1.54, 1.807) is 0 Å². The lowest BCUT2D eigenvalue weighted by atomic mass is 9.96. The topological polar surface area (TPSA) is 8.81 Å². The first kappa shape index (κ1) is 20.2. The minimum Gasteiger partial charge on any atom is -0.234 e. The van der Waals surface area contributed by atoms with E-state index in [0.29, 0.717) is 5.92 Å². The van der Waals surface area contributed by atoms with Gasteiger partial charge in [0.15, 0.2) is 0 Å². The molecule has 2 nitrogen and oxygen atoms in total. The van der Waals surface area contributed by atoms with E-state index in [-0.39, 0.29) is 0 Å². The summed E-state index contributed by atoms with van der Waals surface area (Å²) in [4.78, 5) is 0. The number of rotatable bonds is 8. The van der Waals surface area contributed by atoms with Crippen LogP contribution in [0.15, 0.2) is 97.2 Å². The van der Waals surface area contributed by atoms with Gasteiger partial charge in [0.1, 0.15) is 18.4 Å². The number of hydrogen-bond donors (Lipinski definition) is 0. The number of hydrogen-bond acceptors (Lipinski definition) is 0. The Morgan fingerprint density at radius 1 is 0.767 bits per heavy atom. The number of aryl methyl sites for hydroxylation is 1. The van der Waals surface area contributed by atoms with Gasteiger partial charge in [-0.05, 0) is 29.5 Å². The van der Waals surface area contributed by atoms with Crippen LogP contribution in [-0.2, 0) is 25.9 Å². The molecule has 3 aromatic carbocycles. The first-order chi connectivity index (χ1) is 14.7. The summed E-state index contributed by atoms with van der Waals surface area (Å²) in [5, 5.41) is 0. The molecule has 0 radical (unpaired) electrons. The van der Waals surface area contributed by atoms with Crippen LogP contribution in [0.2, 0.25) is 0 Å². The van der Waals surface area contributed by atoms with Gasteiger partial charge in [-0.3, -0.25) is 0 Å². The number of imidazole rings is 1. The van der Waals surface area contributed by atoms with E-state index in [9.17, 15) is 0 Å². The zero-order valence-electron chi connectivity index (χ0n) is 18.0. The van der Waals surface area contributed by atoms with Crippen molar-refractivity contribution in [2.75, 3.05) is 0 Å². The zero-order valence-corrected chi connectivity index (χ0v) is 18.0. The highest BCUT2D eigenvalue weighted by Gasteiger charge is 2.24. The minimum absolute atomic E-state index is 0.477. The lowest BCUT2D eigenvalue weighted by molar-refractivity contribution is -0.702. The molecule has 0 spiro atoms. The van der Waals surface area contributed by atoms with Crippen molar-refractivity contribution in [1.29, 1.82) is 0 Å². The second kappa shape index (κ2) is 9.58. The Kier molecular flexibility index (Phi) is 6.44. The van der Waals surface area contributed by atoms with Gasteiger partial charge in [-0.25, -0.2) is 9.13 Å². The van der Waals surface area contributed by atoms with Crippen LogP contribution >= 0.6 is 0 Å². The summed E-state index contributed by atoms with van der Waals surface area (Å²) >= 11 is 0. The SMILES string of the molecule is CCn1cc(CC(C)c2ccccc2)[n+](Cc2ccccc2)c1Cc1ccccc1. The van der Waals surface area contributed by atoms with Crippen molar-refractivity contribution >= 4 is 0 Å². The Hall–Kier alpha value is -3.13. The molecule has 0 aliphatic carbocycles. The molecule has 0 bridgehead atoms. The van der Waals surface area contributed by atoms with Gasteiger partial charge in [-0.1, -0.05) is 97.9 Å². The minimum atomic E-state index is 0.477. The molecule has 0 saturated heterocycles. The highest BCUT2D eigenvalue weighted by molar-refractivity contribution is 5.22. The summed E-state index contributed by atoms with van der Waals surface area (Å²) in [5.41, 5.74) is 5.51. The molecule has 1 aromatic heterocycles. The standard InChI is InChI=1S/C28H31N2/c1-3-29-22-27(19-23(2)26-17-11-6-12-18-26)30(21-25-15-9-5-10-16-25)28(29)20-24-13-7-4-8-14-24/h4-18,22-23H,3,19-21H2,1-2H3/q+1. The van der Waals surface area contributed by atoms with Gasteiger partial charge in [-0.15, -0.1) is 0 Å². The van der Waals surface area contributed by atoms with Crippen molar-refractivity contribution in [3.63, 3.8) is 0 Å². The highest BCUT2D eigenvalue weighted by Crippen LogP contribution is 2.20. The fraction of sp³-hybridized carbons (Fsp3) is 0.250. The van der Waals surface area contributed by atoms with Gasteiger partial charge < -0.3 is 0 Å². The molecule has 152 valence electrons. The third kappa shape index (κ3) is 4.71. The average molecular weight is 396 g/mol. The van der Waals surface area contributed by atoms with Crippen molar-refractivity contribution in [2.24, 2.45) is 0 Å². The van der Waals surface area contributed by atoms with Crippen LogP contribution < -0.4 is 4.57 Å². The fourth-order valence-corrected chi connectivity index (χ4v) is 4.23. The van der Waals surface area contributed by atoms with Crippen LogP contribution in [0.3, 0.4) is 0 Å². The summed E-state index contributed by atoms with van der Waals surface area (Å²) in [5.74, 6) is 1.85. The molecule has 0 fully saturated rings.